The van der Waals surface area contributed by atoms with Crippen LogP contribution in [0.2, 0.25) is 36.3 Å². The Morgan fingerprint density at radius 3 is 1.97 bits per heavy atom. The van der Waals surface area contributed by atoms with Crippen LogP contribution in [-0.4, -0.2) is 22.2 Å². The zero-order chi connectivity index (χ0) is 23.4. The van der Waals surface area contributed by atoms with Gasteiger partial charge in [-0.05, 0) is 29.1 Å². The van der Waals surface area contributed by atoms with Crippen molar-refractivity contribution in [3.8, 4) is 11.5 Å². The standard InChI is InChI=1S/C27H40O2Si2/c1-20(2)31(21(3)4,22(5)6)29-25-15-16-26(24(19-25)17-18-30(7,8)9)27(28)23-13-11-10-12-14-23/h10-15,20-22H,16,19H2,1-9H3. The molecule has 168 valence electrons. The second-order valence-electron chi connectivity index (χ2n) is 10.6. The van der Waals surface area contributed by atoms with E-state index in [4.69, 9.17) is 4.43 Å². The van der Waals surface area contributed by atoms with E-state index in [1.807, 2.05) is 30.3 Å². The lowest BCUT2D eigenvalue weighted by Gasteiger charge is -2.43. The normalized spacial score (nSPS) is 15.2. The minimum absolute atomic E-state index is 0.0934. The van der Waals surface area contributed by atoms with E-state index in [2.05, 4.69) is 78.7 Å². The lowest BCUT2D eigenvalue weighted by Crippen LogP contribution is -2.47. The SMILES string of the molecule is CC(C)[Si](OC1=CCC(C(=O)c2ccccc2)=C(C#C[Si](C)(C)C)C1)(C(C)C)C(C)C. The smallest absolute Gasteiger partial charge is 0.258 e. The highest BCUT2D eigenvalue weighted by atomic mass is 28.4. The lowest BCUT2D eigenvalue weighted by atomic mass is 9.90. The first kappa shape index (κ1) is 25.4. The maximum Gasteiger partial charge on any atom is 0.258 e. The average molecular weight is 453 g/mol. The van der Waals surface area contributed by atoms with Gasteiger partial charge in [-0.2, -0.15) is 0 Å². The molecule has 0 fully saturated rings. The third-order valence-electron chi connectivity index (χ3n) is 6.16. The fraction of sp³-hybridized carbons (Fsp3) is 0.519. The molecule has 0 heterocycles. The van der Waals surface area contributed by atoms with Crippen molar-refractivity contribution in [2.45, 2.75) is 90.6 Å². The summed E-state index contributed by atoms with van der Waals surface area (Å²) >= 11 is 0. The van der Waals surface area contributed by atoms with Gasteiger partial charge in [0.15, 0.2) is 5.78 Å². The molecule has 0 atom stereocenters. The highest BCUT2D eigenvalue weighted by Crippen LogP contribution is 2.45. The number of carbonyl (C=O) groups excluding carboxylic acids is 1. The molecule has 2 nitrogen and oxygen atoms in total. The molecule has 0 spiro atoms. The molecule has 0 aromatic heterocycles. The van der Waals surface area contributed by atoms with Gasteiger partial charge in [-0.1, -0.05) is 97.4 Å². The third-order valence-corrected chi connectivity index (χ3v) is 13.1. The number of rotatable bonds is 7. The van der Waals surface area contributed by atoms with Gasteiger partial charge < -0.3 is 4.43 Å². The van der Waals surface area contributed by atoms with Crippen molar-refractivity contribution in [1.29, 1.82) is 0 Å². The number of Topliss-reactive ketones (excluding diaryl/α,β-unsaturated/α-hetero) is 1. The second kappa shape index (κ2) is 10.2. The Balaban J connectivity index is 2.44. The molecule has 0 radical (unpaired) electrons. The Hall–Kier alpha value is -1.84. The van der Waals surface area contributed by atoms with E-state index in [0.29, 0.717) is 29.5 Å². The van der Waals surface area contributed by atoms with Gasteiger partial charge in [0.05, 0.1) is 5.76 Å². The summed E-state index contributed by atoms with van der Waals surface area (Å²) in [6.45, 7) is 20.6. The Bertz CT molecular complexity index is 882. The molecule has 0 aliphatic heterocycles. The van der Waals surface area contributed by atoms with Crippen LogP contribution in [0.5, 0.6) is 0 Å². The van der Waals surface area contributed by atoms with Crippen molar-refractivity contribution in [2.75, 3.05) is 0 Å². The van der Waals surface area contributed by atoms with Crippen molar-refractivity contribution < 1.29 is 9.22 Å². The Morgan fingerprint density at radius 2 is 1.48 bits per heavy atom. The maximum absolute atomic E-state index is 13.3. The molecule has 2 rings (SSSR count). The molecule has 0 amide bonds. The molecular weight excluding hydrogens is 412 g/mol. The highest BCUT2D eigenvalue weighted by Gasteiger charge is 2.47. The summed E-state index contributed by atoms with van der Waals surface area (Å²) in [5.41, 5.74) is 7.55. The number of benzene rings is 1. The van der Waals surface area contributed by atoms with Crippen LogP contribution in [0.25, 0.3) is 0 Å². The minimum atomic E-state index is -2.03. The van der Waals surface area contributed by atoms with Gasteiger partial charge in [0, 0.05) is 23.1 Å². The summed E-state index contributed by atoms with van der Waals surface area (Å²) in [5.74, 6) is 4.54. The van der Waals surface area contributed by atoms with E-state index in [1.165, 1.54) is 0 Å². The van der Waals surface area contributed by atoms with Crippen molar-refractivity contribution in [3.63, 3.8) is 0 Å². The van der Waals surface area contributed by atoms with Gasteiger partial charge in [0.1, 0.15) is 8.07 Å². The highest BCUT2D eigenvalue weighted by molar-refractivity contribution is 6.84. The van der Waals surface area contributed by atoms with Crippen molar-refractivity contribution in [1.82, 2.24) is 0 Å². The third kappa shape index (κ3) is 6.11. The van der Waals surface area contributed by atoms with Crippen molar-refractivity contribution in [3.05, 3.63) is 58.9 Å². The van der Waals surface area contributed by atoms with Crippen LogP contribution in [0.4, 0.5) is 0 Å². The van der Waals surface area contributed by atoms with E-state index in [-0.39, 0.29) is 5.78 Å². The molecule has 0 saturated carbocycles. The Morgan fingerprint density at radius 1 is 0.935 bits per heavy atom. The van der Waals surface area contributed by atoms with Crippen LogP contribution in [0, 0.1) is 11.5 Å². The van der Waals surface area contributed by atoms with E-state index < -0.39 is 16.4 Å². The molecular formula is C27H40O2Si2. The quantitative estimate of drug-likeness (QED) is 0.238. The fourth-order valence-electron chi connectivity index (χ4n) is 4.73. The van der Waals surface area contributed by atoms with Crippen LogP contribution in [0.15, 0.2) is 53.3 Å². The van der Waals surface area contributed by atoms with Crippen LogP contribution in [0.1, 0.15) is 64.7 Å². The number of hydrogen-bond donors (Lipinski definition) is 0. The van der Waals surface area contributed by atoms with Crippen molar-refractivity contribution >= 4 is 22.2 Å². The molecule has 0 saturated heterocycles. The lowest BCUT2D eigenvalue weighted by molar-refractivity contribution is 0.103. The summed E-state index contributed by atoms with van der Waals surface area (Å²) in [6, 6.07) is 9.56. The molecule has 1 aliphatic carbocycles. The number of ketones is 1. The first-order valence-corrected chi connectivity index (χ1v) is 17.3. The number of hydrogen-bond acceptors (Lipinski definition) is 2. The monoisotopic (exact) mass is 452 g/mol. The fourth-order valence-corrected chi connectivity index (χ4v) is 10.6. The Labute approximate surface area is 192 Å². The van der Waals surface area contributed by atoms with E-state index in [1.54, 1.807) is 0 Å². The second-order valence-corrected chi connectivity index (χ2v) is 20.7. The molecule has 1 aliphatic rings. The van der Waals surface area contributed by atoms with Crippen LogP contribution < -0.4 is 0 Å². The van der Waals surface area contributed by atoms with E-state index >= 15 is 0 Å². The predicted molar refractivity (Wildman–Crippen MR) is 138 cm³/mol. The molecule has 0 bridgehead atoms. The van der Waals surface area contributed by atoms with Crippen LogP contribution in [0.3, 0.4) is 0 Å². The first-order valence-electron chi connectivity index (χ1n) is 11.6. The van der Waals surface area contributed by atoms with Gasteiger partial charge in [0.25, 0.3) is 8.32 Å². The first-order chi connectivity index (χ1) is 14.4. The van der Waals surface area contributed by atoms with Gasteiger partial charge in [-0.15, -0.1) is 5.54 Å². The molecule has 0 unspecified atom stereocenters. The zero-order valence-corrected chi connectivity index (χ0v) is 22.9. The van der Waals surface area contributed by atoms with Crippen LogP contribution in [-0.2, 0) is 4.43 Å². The van der Waals surface area contributed by atoms with Gasteiger partial charge in [0.2, 0.25) is 0 Å². The molecule has 31 heavy (non-hydrogen) atoms. The summed E-state index contributed by atoms with van der Waals surface area (Å²) in [5, 5.41) is 0. The summed E-state index contributed by atoms with van der Waals surface area (Å²) in [7, 11) is -3.60. The summed E-state index contributed by atoms with van der Waals surface area (Å²) < 4.78 is 6.96. The largest absolute Gasteiger partial charge is 0.546 e. The average Bonchev–Trinajstić information content (AvgIpc) is 2.69. The van der Waals surface area contributed by atoms with Gasteiger partial charge in [-0.3, -0.25) is 4.79 Å². The maximum atomic E-state index is 13.3. The Kier molecular flexibility index (Phi) is 8.36. The predicted octanol–water partition coefficient (Wildman–Crippen LogP) is 7.92. The van der Waals surface area contributed by atoms with E-state index in [9.17, 15) is 4.79 Å². The van der Waals surface area contributed by atoms with E-state index in [0.717, 1.165) is 22.5 Å². The number of allylic oxidation sites excluding steroid dienone is 3. The molecule has 1 aromatic rings. The minimum Gasteiger partial charge on any atom is -0.546 e. The molecule has 4 heteroatoms. The molecule has 0 N–H and O–H groups in total. The topological polar surface area (TPSA) is 26.3 Å². The van der Waals surface area contributed by atoms with Gasteiger partial charge >= 0.3 is 0 Å². The summed E-state index contributed by atoms with van der Waals surface area (Å²) in [6.07, 6.45) is 3.37. The van der Waals surface area contributed by atoms with Crippen LogP contribution >= 0.6 is 0 Å². The molecule has 1 aromatic carbocycles. The van der Waals surface area contributed by atoms with Crippen molar-refractivity contribution in [2.24, 2.45) is 0 Å². The van der Waals surface area contributed by atoms with Gasteiger partial charge in [-0.25, -0.2) is 0 Å². The summed E-state index contributed by atoms with van der Waals surface area (Å²) in [4.78, 5) is 13.3. The zero-order valence-electron chi connectivity index (χ0n) is 20.9. The number of carbonyl (C=O) groups is 1.